The summed E-state index contributed by atoms with van der Waals surface area (Å²) in [6.07, 6.45) is 2.13. The van der Waals surface area contributed by atoms with Crippen LogP contribution in [0.2, 0.25) is 0 Å². The van der Waals surface area contributed by atoms with Crippen LogP contribution in [0.3, 0.4) is 0 Å². The van der Waals surface area contributed by atoms with Gasteiger partial charge in [0.05, 0.1) is 5.92 Å². The van der Waals surface area contributed by atoms with Crippen molar-refractivity contribution in [1.82, 2.24) is 0 Å². The van der Waals surface area contributed by atoms with Crippen molar-refractivity contribution in [3.05, 3.63) is 29.3 Å². The van der Waals surface area contributed by atoms with E-state index in [1.165, 1.54) is 11.1 Å². The molecule has 3 atom stereocenters. The van der Waals surface area contributed by atoms with E-state index in [0.717, 1.165) is 18.6 Å². The molecule has 0 spiro atoms. The third-order valence-electron chi connectivity index (χ3n) is 4.60. The molecule has 0 N–H and O–H groups in total. The van der Waals surface area contributed by atoms with E-state index in [4.69, 9.17) is 4.74 Å². The first-order chi connectivity index (χ1) is 8.58. The molecule has 1 aromatic carbocycles. The Balaban J connectivity index is 2.10. The van der Waals surface area contributed by atoms with E-state index in [9.17, 15) is 4.79 Å². The zero-order valence-electron chi connectivity index (χ0n) is 11.3. The molecule has 0 bridgehead atoms. The Morgan fingerprint density at radius 3 is 2.78 bits per heavy atom. The molecular formula is C16H20O2. The van der Waals surface area contributed by atoms with E-state index in [-0.39, 0.29) is 11.9 Å². The summed E-state index contributed by atoms with van der Waals surface area (Å²) in [6.45, 7) is 6.63. The molecule has 1 aromatic rings. The van der Waals surface area contributed by atoms with E-state index in [0.29, 0.717) is 17.8 Å². The van der Waals surface area contributed by atoms with E-state index < -0.39 is 0 Å². The van der Waals surface area contributed by atoms with Crippen LogP contribution >= 0.6 is 0 Å². The number of carbonyl (C=O) groups excluding carboxylic acids is 1. The summed E-state index contributed by atoms with van der Waals surface area (Å²) >= 11 is 0. The normalized spacial score (nSPS) is 30.0. The number of aryl methyl sites for hydroxylation is 1. The Bertz CT molecular complexity index is 490. The Kier molecular flexibility index (Phi) is 2.69. The third kappa shape index (κ3) is 1.66. The molecule has 1 fully saturated rings. The summed E-state index contributed by atoms with van der Waals surface area (Å²) in [5.74, 6) is 2.48. The zero-order valence-corrected chi connectivity index (χ0v) is 11.3. The standard InChI is InChI=1S/C16H20O2/c1-9(2)11-5-6-12-15(11)13-8-10(3)4-7-14(13)18-16(12)17/h4,7-9,11-12,15H,5-6H2,1-3H3/t11-,12-,15+/m1/s1. The van der Waals surface area contributed by atoms with Gasteiger partial charge in [-0.15, -0.1) is 0 Å². The van der Waals surface area contributed by atoms with Crippen LogP contribution < -0.4 is 4.74 Å². The molecule has 0 radical (unpaired) electrons. The predicted molar refractivity (Wildman–Crippen MR) is 70.6 cm³/mol. The minimum atomic E-state index is -0.0143. The number of hydrogen-bond acceptors (Lipinski definition) is 2. The van der Waals surface area contributed by atoms with Crippen molar-refractivity contribution >= 4 is 5.97 Å². The van der Waals surface area contributed by atoms with Crippen molar-refractivity contribution in [2.45, 2.75) is 39.5 Å². The number of esters is 1. The lowest BCUT2D eigenvalue weighted by molar-refractivity contribution is -0.140. The molecule has 18 heavy (non-hydrogen) atoms. The van der Waals surface area contributed by atoms with Gasteiger partial charge in [-0.25, -0.2) is 0 Å². The molecule has 1 aliphatic heterocycles. The monoisotopic (exact) mass is 244 g/mol. The van der Waals surface area contributed by atoms with E-state index in [1.807, 2.05) is 12.1 Å². The second-order valence-electron chi connectivity index (χ2n) is 6.08. The highest BCUT2D eigenvalue weighted by atomic mass is 16.5. The topological polar surface area (TPSA) is 26.3 Å². The predicted octanol–water partition coefficient (Wildman–Crippen LogP) is 3.68. The summed E-state index contributed by atoms with van der Waals surface area (Å²) in [5, 5.41) is 0. The number of rotatable bonds is 1. The van der Waals surface area contributed by atoms with Crippen molar-refractivity contribution in [2.75, 3.05) is 0 Å². The smallest absolute Gasteiger partial charge is 0.314 e. The minimum Gasteiger partial charge on any atom is -0.426 e. The average molecular weight is 244 g/mol. The highest BCUT2D eigenvalue weighted by Gasteiger charge is 2.47. The SMILES string of the molecule is Cc1ccc2c(c1)[C@H]1[C@@H](C(C)C)CC[C@H]1C(=O)O2. The fourth-order valence-corrected chi connectivity index (χ4v) is 3.69. The van der Waals surface area contributed by atoms with E-state index in [1.54, 1.807) is 0 Å². The van der Waals surface area contributed by atoms with Gasteiger partial charge in [0.15, 0.2) is 0 Å². The number of benzene rings is 1. The first-order valence-electron chi connectivity index (χ1n) is 6.90. The van der Waals surface area contributed by atoms with Gasteiger partial charge < -0.3 is 4.74 Å². The van der Waals surface area contributed by atoms with E-state index in [2.05, 4.69) is 26.8 Å². The van der Waals surface area contributed by atoms with Crippen molar-refractivity contribution in [3.63, 3.8) is 0 Å². The lowest BCUT2D eigenvalue weighted by Crippen LogP contribution is -2.31. The maximum Gasteiger partial charge on any atom is 0.314 e. The van der Waals surface area contributed by atoms with Crippen LogP contribution in [0.15, 0.2) is 18.2 Å². The summed E-state index contributed by atoms with van der Waals surface area (Å²) in [5.41, 5.74) is 2.51. The highest BCUT2D eigenvalue weighted by Crippen LogP contribution is 2.52. The van der Waals surface area contributed by atoms with Gasteiger partial charge in [0, 0.05) is 5.92 Å². The van der Waals surface area contributed by atoms with Crippen LogP contribution in [0, 0.1) is 24.7 Å². The maximum absolute atomic E-state index is 12.1. The molecule has 96 valence electrons. The summed E-state index contributed by atoms with van der Waals surface area (Å²) < 4.78 is 5.49. The van der Waals surface area contributed by atoms with Gasteiger partial charge in [0.2, 0.25) is 0 Å². The molecule has 2 heteroatoms. The van der Waals surface area contributed by atoms with Crippen molar-refractivity contribution in [3.8, 4) is 5.75 Å². The summed E-state index contributed by atoms with van der Waals surface area (Å²) in [4.78, 5) is 12.1. The first-order valence-corrected chi connectivity index (χ1v) is 6.90. The molecule has 2 nitrogen and oxygen atoms in total. The molecule has 3 rings (SSSR count). The molecule has 1 saturated carbocycles. The van der Waals surface area contributed by atoms with Gasteiger partial charge in [0.25, 0.3) is 0 Å². The molecule has 0 amide bonds. The lowest BCUT2D eigenvalue weighted by Gasteiger charge is -2.32. The van der Waals surface area contributed by atoms with Crippen LogP contribution in [0.1, 0.15) is 43.7 Å². The van der Waals surface area contributed by atoms with Gasteiger partial charge in [-0.05, 0) is 43.2 Å². The third-order valence-corrected chi connectivity index (χ3v) is 4.60. The quantitative estimate of drug-likeness (QED) is 0.556. The number of carbonyl (C=O) groups is 1. The molecule has 1 aliphatic carbocycles. The highest BCUT2D eigenvalue weighted by molar-refractivity contribution is 5.80. The Labute approximate surface area is 108 Å². The molecule has 1 heterocycles. The molecule has 0 unspecified atom stereocenters. The summed E-state index contributed by atoms with van der Waals surface area (Å²) in [6, 6.07) is 6.18. The number of hydrogen-bond donors (Lipinski definition) is 0. The largest absolute Gasteiger partial charge is 0.426 e. The van der Waals surface area contributed by atoms with Crippen LogP contribution in [0.25, 0.3) is 0 Å². The fraction of sp³-hybridized carbons (Fsp3) is 0.562. The van der Waals surface area contributed by atoms with Crippen LogP contribution in [0.5, 0.6) is 5.75 Å². The Morgan fingerprint density at radius 2 is 2.06 bits per heavy atom. The Hall–Kier alpha value is -1.31. The lowest BCUT2D eigenvalue weighted by atomic mass is 9.76. The van der Waals surface area contributed by atoms with Crippen molar-refractivity contribution in [2.24, 2.45) is 17.8 Å². The summed E-state index contributed by atoms with van der Waals surface area (Å²) in [7, 11) is 0. The second kappa shape index (κ2) is 4.11. The van der Waals surface area contributed by atoms with Gasteiger partial charge in [0.1, 0.15) is 5.75 Å². The van der Waals surface area contributed by atoms with Gasteiger partial charge in [-0.3, -0.25) is 4.79 Å². The minimum absolute atomic E-state index is 0.0143. The first kappa shape index (κ1) is 11.8. The van der Waals surface area contributed by atoms with Gasteiger partial charge in [-0.1, -0.05) is 31.5 Å². The van der Waals surface area contributed by atoms with Crippen LogP contribution in [-0.4, -0.2) is 5.97 Å². The molecule has 2 aliphatic rings. The zero-order chi connectivity index (χ0) is 12.9. The number of ether oxygens (including phenoxy) is 1. The molecule has 0 aromatic heterocycles. The van der Waals surface area contributed by atoms with E-state index >= 15 is 0 Å². The maximum atomic E-state index is 12.1. The van der Waals surface area contributed by atoms with Crippen LogP contribution in [-0.2, 0) is 4.79 Å². The molecular weight excluding hydrogens is 224 g/mol. The van der Waals surface area contributed by atoms with Gasteiger partial charge in [-0.2, -0.15) is 0 Å². The van der Waals surface area contributed by atoms with Crippen molar-refractivity contribution in [1.29, 1.82) is 0 Å². The average Bonchev–Trinajstić information content (AvgIpc) is 2.76. The van der Waals surface area contributed by atoms with Crippen molar-refractivity contribution < 1.29 is 9.53 Å². The second-order valence-corrected chi connectivity index (χ2v) is 6.08. The fourth-order valence-electron chi connectivity index (χ4n) is 3.69. The van der Waals surface area contributed by atoms with Crippen LogP contribution in [0.4, 0.5) is 0 Å². The number of fused-ring (bicyclic) bond motifs is 3. The molecule has 0 saturated heterocycles. The Morgan fingerprint density at radius 1 is 1.28 bits per heavy atom. The van der Waals surface area contributed by atoms with Gasteiger partial charge >= 0.3 is 5.97 Å².